The van der Waals surface area contributed by atoms with Crippen LogP contribution in [0.15, 0.2) is 0 Å². The fourth-order valence-corrected chi connectivity index (χ4v) is 0.645. The molecule has 0 bridgehead atoms. The average molecular weight is 136 g/mol. The van der Waals surface area contributed by atoms with Gasteiger partial charge in [0.2, 0.25) is 0 Å². The highest BCUT2D eigenvalue weighted by Crippen LogP contribution is 2.03. The molecule has 0 aliphatic rings. The Labute approximate surface area is 52.7 Å². The van der Waals surface area contributed by atoms with E-state index in [1.165, 1.54) is 11.8 Å². The van der Waals surface area contributed by atoms with Crippen molar-refractivity contribution < 1.29 is 0 Å². The molecule has 0 saturated carbocycles. The summed E-state index contributed by atoms with van der Waals surface area (Å²) in [5.74, 6) is 0.720. The van der Waals surface area contributed by atoms with Gasteiger partial charge in [0.05, 0.1) is 0 Å². The summed E-state index contributed by atoms with van der Waals surface area (Å²) in [5, 5.41) is 10.0. The van der Waals surface area contributed by atoms with Gasteiger partial charge < -0.3 is 0 Å². The quantitative estimate of drug-likeness (QED) is 0.426. The fourth-order valence-electron chi connectivity index (χ4n) is 0.152. The summed E-state index contributed by atoms with van der Waals surface area (Å²) in [7, 11) is 0. The third-order valence-electron chi connectivity index (χ3n) is 0.378. The summed E-state index contributed by atoms with van der Waals surface area (Å²) in [6.07, 6.45) is 0. The SMILES string of the molecule is CC(Cl)CSC#N. The third kappa shape index (κ3) is 6.13. The van der Waals surface area contributed by atoms with Crippen LogP contribution in [0.25, 0.3) is 0 Å². The Morgan fingerprint density at radius 3 is 2.71 bits per heavy atom. The van der Waals surface area contributed by atoms with Gasteiger partial charge in [-0.15, -0.1) is 11.6 Å². The van der Waals surface area contributed by atoms with Gasteiger partial charge in [-0.1, -0.05) is 0 Å². The van der Waals surface area contributed by atoms with Crippen molar-refractivity contribution in [2.75, 3.05) is 5.75 Å². The van der Waals surface area contributed by atoms with Crippen molar-refractivity contribution in [3.05, 3.63) is 0 Å². The van der Waals surface area contributed by atoms with Crippen LogP contribution in [-0.2, 0) is 0 Å². The first kappa shape index (κ1) is 7.13. The summed E-state index contributed by atoms with van der Waals surface area (Å²) in [5.41, 5.74) is 0. The molecule has 3 heteroatoms. The van der Waals surface area contributed by atoms with Crippen molar-refractivity contribution in [1.29, 1.82) is 5.26 Å². The summed E-state index contributed by atoms with van der Waals surface area (Å²) < 4.78 is 0. The molecule has 40 valence electrons. The maximum Gasteiger partial charge on any atom is 0.133 e. The zero-order valence-corrected chi connectivity index (χ0v) is 5.59. The first-order chi connectivity index (χ1) is 3.27. The van der Waals surface area contributed by atoms with Gasteiger partial charge in [-0.3, -0.25) is 0 Å². The topological polar surface area (TPSA) is 23.8 Å². The van der Waals surface area contributed by atoms with Crippen LogP contribution in [-0.4, -0.2) is 11.1 Å². The minimum atomic E-state index is 0.115. The van der Waals surface area contributed by atoms with E-state index in [-0.39, 0.29) is 5.38 Å². The Hall–Kier alpha value is 0.130. The summed E-state index contributed by atoms with van der Waals surface area (Å²) >= 11 is 6.67. The van der Waals surface area contributed by atoms with Crippen molar-refractivity contribution in [3.8, 4) is 5.40 Å². The highest BCUT2D eigenvalue weighted by Gasteiger charge is 1.92. The molecule has 0 aliphatic heterocycles. The molecule has 0 aromatic carbocycles. The molecule has 0 fully saturated rings. The highest BCUT2D eigenvalue weighted by molar-refractivity contribution is 8.03. The van der Waals surface area contributed by atoms with E-state index in [9.17, 15) is 0 Å². The first-order valence-corrected chi connectivity index (χ1v) is 3.34. The molecule has 0 N–H and O–H groups in total. The van der Waals surface area contributed by atoms with Gasteiger partial charge in [-0.25, -0.2) is 0 Å². The van der Waals surface area contributed by atoms with E-state index in [2.05, 4.69) is 0 Å². The van der Waals surface area contributed by atoms with E-state index in [4.69, 9.17) is 16.9 Å². The molecule has 0 aliphatic carbocycles. The van der Waals surface area contributed by atoms with Crippen LogP contribution < -0.4 is 0 Å². The van der Waals surface area contributed by atoms with E-state index in [0.29, 0.717) is 0 Å². The van der Waals surface area contributed by atoms with E-state index in [1.807, 2.05) is 12.3 Å². The first-order valence-electron chi connectivity index (χ1n) is 1.92. The highest BCUT2D eigenvalue weighted by atomic mass is 35.5. The predicted octanol–water partition coefficient (Wildman–Crippen LogP) is 1.83. The maximum absolute atomic E-state index is 7.97. The van der Waals surface area contributed by atoms with Crippen LogP contribution in [0.2, 0.25) is 0 Å². The standard InChI is InChI=1S/C4H6ClNS/c1-4(5)2-7-3-6/h4H,2H2,1H3. The average Bonchev–Trinajstić information content (AvgIpc) is 1.61. The zero-order chi connectivity index (χ0) is 5.70. The molecule has 0 amide bonds. The number of halogens is 1. The second kappa shape index (κ2) is 4.29. The van der Waals surface area contributed by atoms with Crippen LogP contribution in [0.3, 0.4) is 0 Å². The lowest BCUT2D eigenvalue weighted by Gasteiger charge is -1.91. The second-order valence-electron chi connectivity index (χ2n) is 1.18. The zero-order valence-electron chi connectivity index (χ0n) is 4.02. The van der Waals surface area contributed by atoms with Crippen LogP contribution in [0, 0.1) is 10.7 Å². The van der Waals surface area contributed by atoms with Gasteiger partial charge in [0, 0.05) is 11.1 Å². The van der Waals surface area contributed by atoms with E-state index in [1.54, 1.807) is 0 Å². The van der Waals surface area contributed by atoms with E-state index < -0.39 is 0 Å². The van der Waals surface area contributed by atoms with Crippen LogP contribution in [0.4, 0.5) is 0 Å². The summed E-state index contributed by atoms with van der Waals surface area (Å²) in [6.45, 7) is 1.87. The lowest BCUT2D eigenvalue weighted by Crippen LogP contribution is -1.91. The number of hydrogen-bond donors (Lipinski definition) is 0. The molecule has 1 nitrogen and oxygen atoms in total. The second-order valence-corrected chi connectivity index (χ2v) is 2.73. The van der Waals surface area contributed by atoms with Crippen molar-refractivity contribution in [3.63, 3.8) is 0 Å². The number of thiocyanates is 1. The van der Waals surface area contributed by atoms with E-state index in [0.717, 1.165) is 5.75 Å². The van der Waals surface area contributed by atoms with Gasteiger partial charge in [-0.2, -0.15) is 5.26 Å². The maximum atomic E-state index is 7.97. The Morgan fingerprint density at radius 1 is 2.00 bits per heavy atom. The minimum absolute atomic E-state index is 0.115. The fraction of sp³-hybridized carbons (Fsp3) is 0.750. The molecule has 1 atom stereocenters. The number of alkyl halides is 1. The van der Waals surface area contributed by atoms with Crippen molar-refractivity contribution in [2.24, 2.45) is 0 Å². The van der Waals surface area contributed by atoms with Crippen LogP contribution in [0.1, 0.15) is 6.92 Å². The van der Waals surface area contributed by atoms with Gasteiger partial charge in [-0.05, 0) is 18.7 Å². The van der Waals surface area contributed by atoms with Crippen LogP contribution >= 0.6 is 23.4 Å². The number of hydrogen-bond acceptors (Lipinski definition) is 2. The lowest BCUT2D eigenvalue weighted by molar-refractivity contribution is 1.12. The van der Waals surface area contributed by atoms with Gasteiger partial charge in [0.25, 0.3) is 0 Å². The van der Waals surface area contributed by atoms with Gasteiger partial charge in [0.15, 0.2) is 0 Å². The molecule has 0 aromatic rings. The summed E-state index contributed by atoms with van der Waals surface area (Å²) in [4.78, 5) is 0. The molecule has 0 heterocycles. The molecular weight excluding hydrogens is 130 g/mol. The molecule has 0 rings (SSSR count). The Balaban J connectivity index is 2.86. The van der Waals surface area contributed by atoms with E-state index >= 15 is 0 Å². The normalized spacial score (nSPS) is 12.7. The monoisotopic (exact) mass is 135 g/mol. The molecule has 0 saturated heterocycles. The molecule has 7 heavy (non-hydrogen) atoms. The van der Waals surface area contributed by atoms with Crippen molar-refractivity contribution >= 4 is 23.4 Å². The van der Waals surface area contributed by atoms with Gasteiger partial charge >= 0.3 is 0 Å². The van der Waals surface area contributed by atoms with Gasteiger partial charge in [0.1, 0.15) is 5.40 Å². The molecule has 1 unspecified atom stereocenters. The molecule has 0 spiro atoms. The number of nitriles is 1. The molecular formula is C4H6ClNS. The Bertz CT molecular complexity index is 76.2. The molecule has 0 aromatic heterocycles. The Kier molecular flexibility index (Phi) is 4.37. The van der Waals surface area contributed by atoms with Crippen LogP contribution in [0.5, 0.6) is 0 Å². The number of thioether (sulfide) groups is 1. The van der Waals surface area contributed by atoms with Crippen molar-refractivity contribution in [2.45, 2.75) is 12.3 Å². The molecule has 0 radical (unpaired) electrons. The largest absolute Gasteiger partial charge is 0.185 e. The minimum Gasteiger partial charge on any atom is -0.185 e. The Morgan fingerprint density at radius 2 is 2.57 bits per heavy atom. The number of nitrogens with zero attached hydrogens (tertiary/aromatic N) is 1. The third-order valence-corrected chi connectivity index (χ3v) is 1.51. The van der Waals surface area contributed by atoms with Crippen molar-refractivity contribution in [1.82, 2.24) is 0 Å². The summed E-state index contributed by atoms with van der Waals surface area (Å²) in [6, 6.07) is 0. The number of rotatable bonds is 2. The lowest BCUT2D eigenvalue weighted by atomic mass is 10.6. The predicted molar refractivity (Wildman–Crippen MR) is 33.4 cm³/mol. The smallest absolute Gasteiger partial charge is 0.133 e.